The maximum absolute atomic E-state index is 11.1. The lowest BCUT2D eigenvalue weighted by Crippen LogP contribution is -2.37. The van der Waals surface area contributed by atoms with Crippen LogP contribution in [0.3, 0.4) is 0 Å². The largest absolute Gasteiger partial charge is 0.377 e. The van der Waals surface area contributed by atoms with Crippen molar-refractivity contribution in [3.8, 4) is 0 Å². The first-order chi connectivity index (χ1) is 5.34. The molecule has 0 aromatic heterocycles. The van der Waals surface area contributed by atoms with Crippen LogP contribution in [-0.2, 0) is 19.0 Å². The minimum absolute atomic E-state index is 0.0489. The summed E-state index contributed by atoms with van der Waals surface area (Å²) in [6, 6.07) is 0. The highest BCUT2D eigenvalue weighted by molar-refractivity contribution is 5.84. The Balaban J connectivity index is 2.27. The number of carbonyl (C=O) groups excluding carboxylic acids is 1. The van der Waals surface area contributed by atoms with Gasteiger partial charge in [-0.3, -0.25) is 4.79 Å². The van der Waals surface area contributed by atoms with Crippen LogP contribution in [0.15, 0.2) is 0 Å². The van der Waals surface area contributed by atoms with Gasteiger partial charge in [0.25, 0.3) is 0 Å². The van der Waals surface area contributed by atoms with E-state index in [1.165, 1.54) is 7.11 Å². The molecule has 11 heavy (non-hydrogen) atoms. The van der Waals surface area contributed by atoms with Gasteiger partial charge >= 0.3 is 0 Å². The van der Waals surface area contributed by atoms with E-state index in [-0.39, 0.29) is 12.4 Å². The molecule has 0 aromatic carbocycles. The van der Waals surface area contributed by atoms with Crippen LogP contribution in [0, 0.1) is 0 Å². The second kappa shape index (κ2) is 4.43. The fourth-order valence-electron chi connectivity index (χ4n) is 0.909. The van der Waals surface area contributed by atoms with Gasteiger partial charge in [0, 0.05) is 7.11 Å². The molecule has 4 heteroatoms. The topological polar surface area (TPSA) is 44.8 Å². The molecule has 1 aliphatic heterocycles. The Bertz CT molecular complexity index is 128. The summed E-state index contributed by atoms with van der Waals surface area (Å²) in [5.41, 5.74) is 0. The van der Waals surface area contributed by atoms with Crippen LogP contribution in [0.5, 0.6) is 0 Å². The van der Waals surface area contributed by atoms with Crippen LogP contribution in [0.1, 0.15) is 0 Å². The average molecular weight is 160 g/mol. The first-order valence-corrected chi connectivity index (χ1v) is 3.55. The minimum atomic E-state index is -0.413. The molecule has 1 fully saturated rings. The molecule has 0 spiro atoms. The fourth-order valence-corrected chi connectivity index (χ4v) is 0.909. The zero-order valence-electron chi connectivity index (χ0n) is 6.54. The Morgan fingerprint density at radius 1 is 1.64 bits per heavy atom. The Morgan fingerprint density at radius 3 is 3.00 bits per heavy atom. The zero-order valence-corrected chi connectivity index (χ0v) is 6.54. The summed E-state index contributed by atoms with van der Waals surface area (Å²) < 4.78 is 14.9. The van der Waals surface area contributed by atoms with Crippen molar-refractivity contribution in [3.05, 3.63) is 0 Å². The van der Waals surface area contributed by atoms with Gasteiger partial charge in [0.15, 0.2) is 5.78 Å². The van der Waals surface area contributed by atoms with Gasteiger partial charge in [-0.1, -0.05) is 0 Å². The Hall–Kier alpha value is -0.450. The molecule has 1 heterocycles. The molecule has 0 aromatic rings. The molecule has 1 atom stereocenters. The van der Waals surface area contributed by atoms with E-state index in [4.69, 9.17) is 9.47 Å². The molecule has 64 valence electrons. The van der Waals surface area contributed by atoms with E-state index in [0.717, 1.165) is 0 Å². The molecule has 1 aliphatic rings. The monoisotopic (exact) mass is 160 g/mol. The quantitative estimate of drug-likeness (QED) is 0.564. The summed E-state index contributed by atoms with van der Waals surface area (Å²) in [4.78, 5) is 11.1. The number of Topliss-reactive ketones (excluding diaryl/α,β-unsaturated/α-hetero) is 1. The maximum Gasteiger partial charge on any atom is 0.189 e. The first kappa shape index (κ1) is 8.64. The van der Waals surface area contributed by atoms with Crippen LogP contribution in [0.4, 0.5) is 0 Å². The zero-order chi connectivity index (χ0) is 8.10. The summed E-state index contributed by atoms with van der Waals surface area (Å²) >= 11 is 0. The smallest absolute Gasteiger partial charge is 0.189 e. The highest BCUT2D eigenvalue weighted by atomic mass is 16.6. The van der Waals surface area contributed by atoms with Gasteiger partial charge in [-0.15, -0.1) is 0 Å². The van der Waals surface area contributed by atoms with Gasteiger partial charge in [-0.2, -0.15) is 0 Å². The second-order valence-electron chi connectivity index (χ2n) is 2.33. The molecule has 1 saturated heterocycles. The highest BCUT2D eigenvalue weighted by Crippen LogP contribution is 2.01. The van der Waals surface area contributed by atoms with Crippen LogP contribution in [0.2, 0.25) is 0 Å². The number of ether oxygens (including phenoxy) is 3. The molecule has 0 bridgehead atoms. The molecule has 0 radical (unpaired) electrons. The van der Waals surface area contributed by atoms with E-state index >= 15 is 0 Å². The van der Waals surface area contributed by atoms with Crippen molar-refractivity contribution in [1.29, 1.82) is 0 Å². The average Bonchev–Trinajstić information content (AvgIpc) is 2.07. The molecule has 0 amide bonds. The van der Waals surface area contributed by atoms with E-state index < -0.39 is 6.10 Å². The lowest BCUT2D eigenvalue weighted by Gasteiger charge is -2.21. The summed E-state index contributed by atoms with van der Waals surface area (Å²) in [7, 11) is 1.49. The second-order valence-corrected chi connectivity index (χ2v) is 2.33. The highest BCUT2D eigenvalue weighted by Gasteiger charge is 2.21. The SMILES string of the molecule is COCC(=O)C1COCCO1. The predicted molar refractivity (Wildman–Crippen MR) is 37.4 cm³/mol. The third kappa shape index (κ3) is 2.57. The molecule has 1 rings (SSSR count). The molecule has 4 nitrogen and oxygen atoms in total. The molecule has 0 saturated carbocycles. The Kier molecular flexibility index (Phi) is 3.48. The standard InChI is InChI=1S/C7H12O4/c1-9-4-6(8)7-5-10-2-3-11-7/h7H,2-5H2,1H3. The van der Waals surface area contributed by atoms with Crippen molar-refractivity contribution in [1.82, 2.24) is 0 Å². The molecule has 0 N–H and O–H groups in total. The van der Waals surface area contributed by atoms with Crippen molar-refractivity contribution in [2.24, 2.45) is 0 Å². The van der Waals surface area contributed by atoms with Gasteiger partial charge in [0.05, 0.1) is 19.8 Å². The number of hydrogen-bond donors (Lipinski definition) is 0. The van der Waals surface area contributed by atoms with Gasteiger partial charge in [0.1, 0.15) is 12.7 Å². The maximum atomic E-state index is 11.1. The van der Waals surface area contributed by atoms with Crippen LogP contribution in [-0.4, -0.2) is 45.4 Å². The third-order valence-corrected chi connectivity index (χ3v) is 1.46. The minimum Gasteiger partial charge on any atom is -0.377 e. The van der Waals surface area contributed by atoms with Crippen LogP contribution >= 0.6 is 0 Å². The molecular formula is C7H12O4. The van der Waals surface area contributed by atoms with Gasteiger partial charge in [-0.05, 0) is 0 Å². The number of ketones is 1. The van der Waals surface area contributed by atoms with E-state index in [9.17, 15) is 4.79 Å². The van der Waals surface area contributed by atoms with Crippen molar-refractivity contribution >= 4 is 5.78 Å². The van der Waals surface area contributed by atoms with Gasteiger partial charge in [-0.25, -0.2) is 0 Å². The number of methoxy groups -OCH3 is 1. The number of carbonyl (C=O) groups is 1. The molecule has 0 aliphatic carbocycles. The van der Waals surface area contributed by atoms with E-state index in [2.05, 4.69) is 4.74 Å². The van der Waals surface area contributed by atoms with E-state index in [1.807, 2.05) is 0 Å². The first-order valence-electron chi connectivity index (χ1n) is 3.55. The van der Waals surface area contributed by atoms with Crippen molar-refractivity contribution < 1.29 is 19.0 Å². The predicted octanol–water partition coefficient (Wildman–Crippen LogP) is -0.383. The Morgan fingerprint density at radius 2 is 2.45 bits per heavy atom. The summed E-state index contributed by atoms with van der Waals surface area (Å²) in [6.45, 7) is 1.55. The lowest BCUT2D eigenvalue weighted by atomic mass is 10.2. The van der Waals surface area contributed by atoms with E-state index in [1.54, 1.807) is 0 Å². The Labute approximate surface area is 65.4 Å². The van der Waals surface area contributed by atoms with Crippen molar-refractivity contribution in [2.45, 2.75) is 6.10 Å². The van der Waals surface area contributed by atoms with Gasteiger partial charge < -0.3 is 14.2 Å². The van der Waals surface area contributed by atoms with E-state index in [0.29, 0.717) is 19.8 Å². The summed E-state index contributed by atoms with van der Waals surface area (Å²) in [5.74, 6) is -0.0489. The van der Waals surface area contributed by atoms with Crippen molar-refractivity contribution in [2.75, 3.05) is 33.5 Å². The molecular weight excluding hydrogens is 148 g/mol. The lowest BCUT2D eigenvalue weighted by molar-refractivity contribution is -0.148. The number of rotatable bonds is 3. The summed E-state index contributed by atoms with van der Waals surface area (Å²) in [5, 5.41) is 0. The molecule has 1 unspecified atom stereocenters. The van der Waals surface area contributed by atoms with Gasteiger partial charge in [0.2, 0.25) is 0 Å². The third-order valence-electron chi connectivity index (χ3n) is 1.46. The van der Waals surface area contributed by atoms with Crippen molar-refractivity contribution in [3.63, 3.8) is 0 Å². The van der Waals surface area contributed by atoms with Crippen LogP contribution in [0.25, 0.3) is 0 Å². The number of hydrogen-bond acceptors (Lipinski definition) is 4. The fraction of sp³-hybridized carbons (Fsp3) is 0.857. The summed E-state index contributed by atoms with van der Waals surface area (Å²) in [6.07, 6.45) is -0.413. The normalized spacial score (nSPS) is 25.0. The van der Waals surface area contributed by atoms with Crippen LogP contribution < -0.4 is 0 Å².